The summed E-state index contributed by atoms with van der Waals surface area (Å²) in [5.41, 5.74) is 3.82. The Bertz CT molecular complexity index is 1030. The molecule has 0 aliphatic heterocycles. The number of benzene rings is 2. The van der Waals surface area contributed by atoms with Gasteiger partial charge < -0.3 is 10.6 Å². The molecule has 140 valence electrons. The molecule has 4 aromatic rings. The van der Waals surface area contributed by atoms with Crippen LogP contribution >= 0.6 is 0 Å². The van der Waals surface area contributed by atoms with Crippen LogP contribution in [-0.2, 0) is 13.1 Å². The minimum Gasteiger partial charge on any atom is -0.366 e. The lowest BCUT2D eigenvalue weighted by Gasteiger charge is -2.08. The summed E-state index contributed by atoms with van der Waals surface area (Å²) in [5, 5.41) is 13.8. The van der Waals surface area contributed by atoms with Gasteiger partial charge in [0.25, 0.3) is 0 Å². The highest BCUT2D eigenvalue weighted by molar-refractivity contribution is 5.62. The number of anilines is 2. The van der Waals surface area contributed by atoms with Gasteiger partial charge in [-0.05, 0) is 47.5 Å². The highest BCUT2D eigenvalue weighted by atomic mass is 19.1. The molecular formula is C22H20FN5. The normalized spacial score (nSPS) is 10.6. The second-order valence-corrected chi connectivity index (χ2v) is 6.38. The molecule has 0 aliphatic carbocycles. The summed E-state index contributed by atoms with van der Waals surface area (Å²) in [6, 6.07) is 24.3. The Hall–Kier alpha value is -3.67. The monoisotopic (exact) mass is 373 g/mol. The van der Waals surface area contributed by atoms with Crippen LogP contribution in [0.3, 0.4) is 0 Å². The summed E-state index contributed by atoms with van der Waals surface area (Å²) in [6.45, 7) is 1.28. The number of aromatic amines is 1. The van der Waals surface area contributed by atoms with Crippen LogP contribution in [0.4, 0.5) is 16.0 Å². The summed E-state index contributed by atoms with van der Waals surface area (Å²) < 4.78 is 13.0. The zero-order valence-electron chi connectivity index (χ0n) is 15.2. The second kappa shape index (κ2) is 8.35. The van der Waals surface area contributed by atoms with E-state index in [1.807, 2.05) is 42.5 Å². The van der Waals surface area contributed by atoms with Crippen LogP contribution < -0.4 is 10.6 Å². The molecule has 6 heteroatoms. The van der Waals surface area contributed by atoms with Crippen molar-refractivity contribution in [1.29, 1.82) is 0 Å². The van der Waals surface area contributed by atoms with E-state index in [0.29, 0.717) is 12.4 Å². The van der Waals surface area contributed by atoms with E-state index in [9.17, 15) is 4.39 Å². The molecule has 0 unspecified atom stereocenters. The maximum Gasteiger partial charge on any atom is 0.148 e. The van der Waals surface area contributed by atoms with E-state index in [-0.39, 0.29) is 5.82 Å². The van der Waals surface area contributed by atoms with E-state index in [1.165, 1.54) is 17.7 Å². The van der Waals surface area contributed by atoms with Gasteiger partial charge in [-0.3, -0.25) is 5.10 Å². The van der Waals surface area contributed by atoms with E-state index >= 15 is 0 Å². The number of rotatable bonds is 7. The smallest absolute Gasteiger partial charge is 0.148 e. The quantitative estimate of drug-likeness (QED) is 0.434. The van der Waals surface area contributed by atoms with Gasteiger partial charge in [0.1, 0.15) is 17.5 Å². The lowest BCUT2D eigenvalue weighted by atomic mass is 10.1. The molecule has 0 saturated carbocycles. The van der Waals surface area contributed by atoms with Gasteiger partial charge in [0.2, 0.25) is 0 Å². The summed E-state index contributed by atoms with van der Waals surface area (Å²) >= 11 is 0. The van der Waals surface area contributed by atoms with Crippen molar-refractivity contribution in [3.05, 3.63) is 95.9 Å². The highest BCUT2D eigenvalue weighted by Crippen LogP contribution is 2.20. The van der Waals surface area contributed by atoms with E-state index in [0.717, 1.165) is 29.3 Å². The fourth-order valence-corrected chi connectivity index (χ4v) is 2.84. The molecule has 28 heavy (non-hydrogen) atoms. The van der Waals surface area contributed by atoms with Crippen molar-refractivity contribution in [2.24, 2.45) is 0 Å². The summed E-state index contributed by atoms with van der Waals surface area (Å²) in [4.78, 5) is 4.62. The maximum atomic E-state index is 13.0. The number of nitrogens with zero attached hydrogens (tertiary/aromatic N) is 2. The first kappa shape index (κ1) is 17.7. The van der Waals surface area contributed by atoms with Crippen LogP contribution in [0.5, 0.6) is 0 Å². The second-order valence-electron chi connectivity index (χ2n) is 6.38. The van der Waals surface area contributed by atoms with Crippen LogP contribution in [-0.4, -0.2) is 15.2 Å². The molecule has 0 radical (unpaired) electrons. The third-order valence-corrected chi connectivity index (χ3v) is 4.31. The predicted molar refractivity (Wildman–Crippen MR) is 109 cm³/mol. The van der Waals surface area contributed by atoms with Gasteiger partial charge in [-0.1, -0.05) is 36.4 Å². The van der Waals surface area contributed by atoms with Crippen LogP contribution in [0.25, 0.3) is 11.3 Å². The minimum atomic E-state index is -0.256. The molecule has 2 aromatic carbocycles. The molecule has 2 aromatic heterocycles. The molecular weight excluding hydrogens is 353 g/mol. The van der Waals surface area contributed by atoms with Crippen molar-refractivity contribution in [2.45, 2.75) is 13.1 Å². The first-order valence-electron chi connectivity index (χ1n) is 9.05. The molecule has 4 rings (SSSR count). The Morgan fingerprint density at radius 3 is 2.39 bits per heavy atom. The lowest BCUT2D eigenvalue weighted by molar-refractivity contribution is 0.628. The summed E-state index contributed by atoms with van der Waals surface area (Å²) in [7, 11) is 0. The van der Waals surface area contributed by atoms with Gasteiger partial charge in [-0.25, -0.2) is 9.37 Å². The van der Waals surface area contributed by atoms with Crippen LogP contribution in [0.15, 0.2) is 78.9 Å². The van der Waals surface area contributed by atoms with Gasteiger partial charge >= 0.3 is 0 Å². The first-order valence-corrected chi connectivity index (χ1v) is 9.05. The predicted octanol–water partition coefficient (Wildman–Crippen LogP) is 4.84. The largest absolute Gasteiger partial charge is 0.366 e. The zero-order chi connectivity index (χ0) is 19.2. The number of H-pyrrole nitrogens is 1. The molecule has 0 amide bonds. The first-order chi connectivity index (χ1) is 13.8. The number of nitrogens with one attached hydrogen (secondary N) is 3. The van der Waals surface area contributed by atoms with Crippen molar-refractivity contribution >= 4 is 11.6 Å². The Kier molecular flexibility index (Phi) is 5.29. The van der Waals surface area contributed by atoms with E-state index in [4.69, 9.17) is 0 Å². The van der Waals surface area contributed by atoms with Crippen LogP contribution in [0.1, 0.15) is 11.3 Å². The van der Waals surface area contributed by atoms with E-state index in [2.05, 4.69) is 37.9 Å². The average Bonchev–Trinajstić information content (AvgIpc) is 3.21. The molecule has 3 N–H and O–H groups in total. The molecule has 0 spiro atoms. The Morgan fingerprint density at radius 2 is 1.57 bits per heavy atom. The fourth-order valence-electron chi connectivity index (χ4n) is 2.84. The van der Waals surface area contributed by atoms with Gasteiger partial charge in [-0.15, -0.1) is 0 Å². The van der Waals surface area contributed by atoms with E-state index < -0.39 is 0 Å². The molecule has 2 heterocycles. The van der Waals surface area contributed by atoms with Gasteiger partial charge in [0.05, 0.1) is 17.9 Å². The molecule has 0 bridgehead atoms. The summed E-state index contributed by atoms with van der Waals surface area (Å²) in [6.07, 6.45) is 0. The van der Waals surface area contributed by atoms with E-state index in [1.54, 1.807) is 12.1 Å². The van der Waals surface area contributed by atoms with Gasteiger partial charge in [-0.2, -0.15) is 5.10 Å². The Labute approximate surface area is 162 Å². The number of aromatic nitrogens is 3. The van der Waals surface area contributed by atoms with Crippen LogP contribution in [0.2, 0.25) is 0 Å². The van der Waals surface area contributed by atoms with Gasteiger partial charge in [0, 0.05) is 12.6 Å². The molecule has 5 nitrogen and oxygen atoms in total. The van der Waals surface area contributed by atoms with Gasteiger partial charge in [0.15, 0.2) is 0 Å². The zero-order valence-corrected chi connectivity index (χ0v) is 15.2. The maximum absolute atomic E-state index is 13.0. The SMILES string of the molecule is Fc1ccc(-c2cc(NCc3cccc(NCc4ccccc4)n3)n[nH]2)cc1. The number of halogens is 1. The Morgan fingerprint density at radius 1 is 0.786 bits per heavy atom. The molecule has 0 saturated heterocycles. The Balaban J connectivity index is 1.35. The fraction of sp³-hybridized carbons (Fsp3) is 0.0909. The van der Waals surface area contributed by atoms with Crippen molar-refractivity contribution < 1.29 is 4.39 Å². The van der Waals surface area contributed by atoms with Crippen LogP contribution in [0, 0.1) is 5.82 Å². The number of pyridine rings is 1. The third-order valence-electron chi connectivity index (χ3n) is 4.31. The lowest BCUT2D eigenvalue weighted by Crippen LogP contribution is -2.05. The topological polar surface area (TPSA) is 65.6 Å². The molecule has 0 aliphatic rings. The number of hydrogen-bond acceptors (Lipinski definition) is 4. The highest BCUT2D eigenvalue weighted by Gasteiger charge is 2.05. The number of hydrogen-bond donors (Lipinski definition) is 3. The summed E-state index contributed by atoms with van der Waals surface area (Å²) in [5.74, 6) is 1.29. The van der Waals surface area contributed by atoms with Crippen molar-refractivity contribution in [2.75, 3.05) is 10.6 Å². The van der Waals surface area contributed by atoms with Crippen molar-refractivity contribution in [1.82, 2.24) is 15.2 Å². The minimum absolute atomic E-state index is 0.256. The third kappa shape index (κ3) is 4.54. The molecule has 0 fully saturated rings. The average molecular weight is 373 g/mol. The van der Waals surface area contributed by atoms with Crippen molar-refractivity contribution in [3.63, 3.8) is 0 Å². The standard InChI is InChI=1S/C22H20FN5/c23-18-11-9-17(10-12-18)20-13-22(28-27-20)25-15-19-7-4-8-21(26-19)24-14-16-5-2-1-3-6-16/h1-13H,14-15H2,(H,24,26)(H2,25,27,28). The van der Waals surface area contributed by atoms with Crippen molar-refractivity contribution in [3.8, 4) is 11.3 Å². The molecule has 0 atom stereocenters.